The zero-order valence-corrected chi connectivity index (χ0v) is 9.82. The van der Waals surface area contributed by atoms with Crippen molar-refractivity contribution in [3.05, 3.63) is 0 Å². The number of aliphatic hydroxyl groups excluding tert-OH is 1. The second-order valence-corrected chi connectivity index (χ2v) is 4.59. The summed E-state index contributed by atoms with van der Waals surface area (Å²) >= 11 is 0. The van der Waals surface area contributed by atoms with Crippen molar-refractivity contribution in [1.29, 1.82) is 0 Å². The van der Waals surface area contributed by atoms with Gasteiger partial charge in [0, 0.05) is 6.54 Å². The molecule has 5 N–H and O–H groups in total. The van der Waals surface area contributed by atoms with Crippen LogP contribution in [0.4, 0.5) is 0 Å². The van der Waals surface area contributed by atoms with Crippen LogP contribution in [0, 0.1) is 5.41 Å². The molecule has 0 heterocycles. The number of carboxylic acid groups (broad SMARTS) is 1. The summed E-state index contributed by atoms with van der Waals surface area (Å²) in [6.45, 7) is -0.391. The van der Waals surface area contributed by atoms with Crippen LogP contribution in [-0.2, 0) is 9.59 Å². The Labute approximate surface area is 100 Å². The summed E-state index contributed by atoms with van der Waals surface area (Å²) in [4.78, 5) is 22.8. The third-order valence-electron chi connectivity index (χ3n) is 3.47. The SMILES string of the molecule is NCC1(C(=O)N[C@@H](CO)C(=O)O)CCCCC1. The number of nitrogens with two attached hydrogens (primary N) is 1. The predicted molar refractivity (Wildman–Crippen MR) is 61.2 cm³/mol. The molecule has 1 aliphatic rings. The highest BCUT2D eigenvalue weighted by Crippen LogP contribution is 2.35. The summed E-state index contributed by atoms with van der Waals surface area (Å²) < 4.78 is 0. The first-order chi connectivity index (χ1) is 8.05. The molecule has 1 aliphatic carbocycles. The summed E-state index contributed by atoms with van der Waals surface area (Å²) in [6.07, 6.45) is 4.32. The fraction of sp³-hybridized carbons (Fsp3) is 0.818. The van der Waals surface area contributed by atoms with Gasteiger partial charge in [-0.1, -0.05) is 19.3 Å². The monoisotopic (exact) mass is 244 g/mol. The van der Waals surface area contributed by atoms with E-state index in [4.69, 9.17) is 15.9 Å². The van der Waals surface area contributed by atoms with Crippen molar-refractivity contribution in [2.45, 2.75) is 38.1 Å². The summed E-state index contributed by atoms with van der Waals surface area (Å²) in [7, 11) is 0. The Morgan fingerprint density at radius 3 is 2.29 bits per heavy atom. The summed E-state index contributed by atoms with van der Waals surface area (Å²) in [5, 5.41) is 20.0. The topological polar surface area (TPSA) is 113 Å². The Hall–Kier alpha value is -1.14. The van der Waals surface area contributed by atoms with E-state index in [0.717, 1.165) is 19.3 Å². The maximum atomic E-state index is 12.1. The Balaban J connectivity index is 2.68. The van der Waals surface area contributed by atoms with Gasteiger partial charge in [-0.15, -0.1) is 0 Å². The van der Waals surface area contributed by atoms with Crippen molar-refractivity contribution in [2.75, 3.05) is 13.2 Å². The Bertz CT molecular complexity index is 287. The number of amides is 1. The van der Waals surface area contributed by atoms with E-state index in [9.17, 15) is 9.59 Å². The summed E-state index contributed by atoms with van der Waals surface area (Å²) in [5.74, 6) is -1.58. The number of aliphatic hydroxyl groups is 1. The number of nitrogens with one attached hydrogen (secondary N) is 1. The van der Waals surface area contributed by atoms with Gasteiger partial charge in [0.25, 0.3) is 0 Å². The van der Waals surface area contributed by atoms with E-state index in [2.05, 4.69) is 5.32 Å². The minimum absolute atomic E-state index is 0.219. The maximum absolute atomic E-state index is 12.1. The smallest absolute Gasteiger partial charge is 0.328 e. The molecule has 0 aromatic carbocycles. The molecular formula is C11H20N2O4. The van der Waals surface area contributed by atoms with E-state index >= 15 is 0 Å². The van der Waals surface area contributed by atoms with Crippen molar-refractivity contribution in [3.8, 4) is 0 Å². The molecule has 1 saturated carbocycles. The lowest BCUT2D eigenvalue weighted by atomic mass is 9.73. The van der Waals surface area contributed by atoms with Crippen molar-refractivity contribution in [2.24, 2.45) is 11.1 Å². The van der Waals surface area contributed by atoms with Crippen molar-refractivity contribution >= 4 is 11.9 Å². The lowest BCUT2D eigenvalue weighted by Crippen LogP contribution is -2.53. The Morgan fingerprint density at radius 2 is 1.88 bits per heavy atom. The van der Waals surface area contributed by atoms with Gasteiger partial charge in [-0.2, -0.15) is 0 Å². The fourth-order valence-electron chi connectivity index (χ4n) is 2.25. The number of carbonyl (C=O) groups is 2. The van der Waals surface area contributed by atoms with Gasteiger partial charge in [0.1, 0.15) is 6.04 Å². The molecule has 17 heavy (non-hydrogen) atoms. The van der Waals surface area contributed by atoms with Crippen molar-refractivity contribution in [1.82, 2.24) is 5.32 Å². The molecule has 0 unspecified atom stereocenters. The molecular weight excluding hydrogens is 224 g/mol. The Morgan fingerprint density at radius 1 is 1.29 bits per heavy atom. The zero-order valence-electron chi connectivity index (χ0n) is 9.82. The van der Waals surface area contributed by atoms with Crippen LogP contribution in [0.15, 0.2) is 0 Å². The normalized spacial score (nSPS) is 20.6. The number of carbonyl (C=O) groups excluding carboxylic acids is 1. The average molecular weight is 244 g/mol. The highest BCUT2D eigenvalue weighted by molar-refractivity contribution is 5.87. The third-order valence-corrected chi connectivity index (χ3v) is 3.47. The van der Waals surface area contributed by atoms with E-state index < -0.39 is 24.0 Å². The lowest BCUT2D eigenvalue weighted by molar-refractivity contribution is -0.145. The minimum Gasteiger partial charge on any atom is -0.480 e. The fourth-order valence-corrected chi connectivity index (χ4v) is 2.25. The largest absolute Gasteiger partial charge is 0.480 e. The van der Waals surface area contributed by atoms with Crippen LogP contribution in [0.2, 0.25) is 0 Å². The highest BCUT2D eigenvalue weighted by atomic mass is 16.4. The van der Waals surface area contributed by atoms with E-state index in [0.29, 0.717) is 12.8 Å². The lowest BCUT2D eigenvalue weighted by Gasteiger charge is -2.35. The van der Waals surface area contributed by atoms with E-state index in [1.807, 2.05) is 0 Å². The molecule has 0 bridgehead atoms. The second kappa shape index (κ2) is 5.97. The molecule has 1 atom stereocenters. The summed E-state index contributed by atoms with van der Waals surface area (Å²) in [6, 6.07) is -1.24. The number of hydrogen-bond donors (Lipinski definition) is 4. The van der Waals surface area contributed by atoms with Gasteiger partial charge < -0.3 is 21.3 Å². The van der Waals surface area contributed by atoms with Crippen LogP contribution in [-0.4, -0.2) is 41.3 Å². The molecule has 0 aromatic rings. The molecule has 0 aromatic heterocycles. The molecule has 1 rings (SSSR count). The van der Waals surface area contributed by atoms with Crippen LogP contribution in [0.25, 0.3) is 0 Å². The zero-order chi connectivity index (χ0) is 12.9. The van der Waals surface area contributed by atoms with Gasteiger partial charge in [0.05, 0.1) is 12.0 Å². The number of rotatable bonds is 5. The maximum Gasteiger partial charge on any atom is 0.328 e. The predicted octanol–water partition coefficient (Wildman–Crippen LogP) is -0.543. The third kappa shape index (κ3) is 3.17. The van der Waals surface area contributed by atoms with Gasteiger partial charge in [-0.25, -0.2) is 4.79 Å². The average Bonchev–Trinajstić information content (AvgIpc) is 2.35. The van der Waals surface area contributed by atoms with E-state index in [1.54, 1.807) is 0 Å². The van der Waals surface area contributed by atoms with Gasteiger partial charge >= 0.3 is 5.97 Å². The van der Waals surface area contributed by atoms with Gasteiger partial charge in [0.15, 0.2) is 0 Å². The molecule has 0 aliphatic heterocycles. The number of carboxylic acids is 1. The first kappa shape index (κ1) is 13.9. The van der Waals surface area contributed by atoms with Gasteiger partial charge in [0.2, 0.25) is 5.91 Å². The minimum atomic E-state index is -1.24. The van der Waals surface area contributed by atoms with E-state index in [-0.39, 0.29) is 12.5 Å². The van der Waals surface area contributed by atoms with Crippen molar-refractivity contribution < 1.29 is 19.8 Å². The molecule has 6 nitrogen and oxygen atoms in total. The van der Waals surface area contributed by atoms with Crippen LogP contribution >= 0.6 is 0 Å². The first-order valence-electron chi connectivity index (χ1n) is 5.90. The van der Waals surface area contributed by atoms with Gasteiger partial charge in [-0.05, 0) is 12.8 Å². The van der Waals surface area contributed by atoms with Crippen LogP contribution in [0.5, 0.6) is 0 Å². The van der Waals surface area contributed by atoms with Crippen LogP contribution in [0.3, 0.4) is 0 Å². The summed E-state index contributed by atoms with van der Waals surface area (Å²) in [5.41, 5.74) is 5.01. The van der Waals surface area contributed by atoms with E-state index in [1.165, 1.54) is 0 Å². The highest BCUT2D eigenvalue weighted by Gasteiger charge is 2.39. The van der Waals surface area contributed by atoms with Crippen LogP contribution in [0.1, 0.15) is 32.1 Å². The molecule has 0 saturated heterocycles. The molecule has 1 amide bonds. The molecule has 0 radical (unpaired) electrons. The quantitative estimate of drug-likeness (QED) is 0.518. The first-order valence-corrected chi connectivity index (χ1v) is 5.90. The Kier molecular flexibility index (Phi) is 4.89. The number of hydrogen-bond acceptors (Lipinski definition) is 4. The number of aliphatic carboxylic acids is 1. The molecule has 0 spiro atoms. The molecule has 6 heteroatoms. The molecule has 98 valence electrons. The molecule has 1 fully saturated rings. The second-order valence-electron chi connectivity index (χ2n) is 4.59. The van der Waals surface area contributed by atoms with Crippen LogP contribution < -0.4 is 11.1 Å². The standard InChI is InChI=1S/C11H20N2O4/c12-7-11(4-2-1-3-5-11)10(17)13-8(6-14)9(15)16/h8,14H,1-7,12H2,(H,13,17)(H,15,16)/t8-/m0/s1. The van der Waals surface area contributed by atoms with Crippen molar-refractivity contribution in [3.63, 3.8) is 0 Å². The van der Waals surface area contributed by atoms with Gasteiger partial charge in [-0.3, -0.25) is 4.79 Å².